The Hall–Kier alpha value is -1.26. The van der Waals surface area contributed by atoms with Crippen LogP contribution in [-0.2, 0) is 0 Å². The number of hydrogen-bond donors (Lipinski definition) is 1. The predicted molar refractivity (Wildman–Crippen MR) is 91.6 cm³/mol. The zero-order valence-electron chi connectivity index (χ0n) is 11.4. The maximum absolute atomic E-state index is 13.9. The molecule has 6 heteroatoms. The normalized spacial score (nSPS) is 15.7. The minimum Gasteiger partial charge on any atom is -0.484 e. The fourth-order valence-electron chi connectivity index (χ4n) is 2.30. The van der Waals surface area contributed by atoms with Crippen LogP contribution in [0.1, 0.15) is 5.56 Å². The highest BCUT2D eigenvalue weighted by molar-refractivity contribution is 6.35. The van der Waals surface area contributed by atoms with Crippen LogP contribution >= 0.6 is 35.6 Å². The summed E-state index contributed by atoms with van der Waals surface area (Å²) in [5, 5.41) is 1.00. The van der Waals surface area contributed by atoms with Crippen LogP contribution in [0.25, 0.3) is 17.2 Å². The third-order valence-corrected chi connectivity index (χ3v) is 3.86. The molecule has 2 aromatic rings. The van der Waals surface area contributed by atoms with Crippen LogP contribution < -0.4 is 10.5 Å². The lowest BCUT2D eigenvalue weighted by Crippen LogP contribution is -2.26. The first-order valence-corrected chi connectivity index (χ1v) is 7.18. The molecule has 0 saturated heterocycles. The van der Waals surface area contributed by atoms with Crippen molar-refractivity contribution in [2.75, 3.05) is 6.54 Å². The van der Waals surface area contributed by atoms with Gasteiger partial charge in [-0.25, -0.2) is 4.39 Å². The lowest BCUT2D eigenvalue weighted by atomic mass is 9.99. The zero-order valence-corrected chi connectivity index (χ0v) is 13.7. The van der Waals surface area contributed by atoms with Crippen LogP contribution in [0, 0.1) is 5.82 Å². The van der Waals surface area contributed by atoms with Crippen LogP contribution in [0.4, 0.5) is 4.39 Å². The standard InChI is InChI=1S/C16H12Cl2FNO.ClH/c17-10-2-4-15(18)13(6-10)14-7-11(19)5-9-1-3-12(8-20)21-16(9)14;/h1-7,12H,8,20H2;1H/t12-;/m1./s1. The largest absolute Gasteiger partial charge is 0.484 e. The monoisotopic (exact) mass is 359 g/mol. The molecule has 1 atom stereocenters. The number of benzene rings is 2. The summed E-state index contributed by atoms with van der Waals surface area (Å²) >= 11 is 12.2. The van der Waals surface area contributed by atoms with Gasteiger partial charge in [0.1, 0.15) is 17.7 Å². The van der Waals surface area contributed by atoms with E-state index in [0.717, 1.165) is 0 Å². The van der Waals surface area contributed by atoms with E-state index < -0.39 is 0 Å². The molecular weight excluding hydrogens is 348 g/mol. The summed E-state index contributed by atoms with van der Waals surface area (Å²) in [6.07, 6.45) is 3.38. The molecule has 0 spiro atoms. The molecule has 116 valence electrons. The van der Waals surface area contributed by atoms with Crippen molar-refractivity contribution in [3.8, 4) is 16.9 Å². The lowest BCUT2D eigenvalue weighted by molar-refractivity contribution is 0.254. The average Bonchev–Trinajstić information content (AvgIpc) is 2.48. The molecule has 22 heavy (non-hydrogen) atoms. The minimum absolute atomic E-state index is 0. The van der Waals surface area contributed by atoms with Gasteiger partial charge in [-0.3, -0.25) is 0 Å². The number of fused-ring (bicyclic) bond motifs is 1. The average molecular weight is 361 g/mol. The highest BCUT2D eigenvalue weighted by Crippen LogP contribution is 2.41. The van der Waals surface area contributed by atoms with Crippen molar-refractivity contribution in [1.29, 1.82) is 0 Å². The van der Waals surface area contributed by atoms with E-state index in [-0.39, 0.29) is 24.3 Å². The molecule has 0 saturated carbocycles. The third kappa shape index (κ3) is 3.23. The van der Waals surface area contributed by atoms with Crippen LogP contribution in [0.15, 0.2) is 36.4 Å². The van der Waals surface area contributed by atoms with E-state index in [1.165, 1.54) is 12.1 Å². The van der Waals surface area contributed by atoms with Crippen LogP contribution in [0.2, 0.25) is 10.0 Å². The summed E-state index contributed by atoms with van der Waals surface area (Å²) in [4.78, 5) is 0. The Labute approximate surface area is 144 Å². The summed E-state index contributed by atoms with van der Waals surface area (Å²) in [6.45, 7) is 0.343. The van der Waals surface area contributed by atoms with E-state index in [1.807, 2.05) is 6.08 Å². The van der Waals surface area contributed by atoms with Gasteiger partial charge in [-0.2, -0.15) is 0 Å². The first kappa shape index (κ1) is 17.1. The minimum atomic E-state index is -0.362. The summed E-state index contributed by atoms with van der Waals surface area (Å²) < 4.78 is 19.7. The van der Waals surface area contributed by atoms with Crippen molar-refractivity contribution >= 4 is 41.7 Å². The van der Waals surface area contributed by atoms with Gasteiger partial charge in [0.2, 0.25) is 0 Å². The van der Waals surface area contributed by atoms with E-state index in [9.17, 15) is 4.39 Å². The maximum atomic E-state index is 13.9. The van der Waals surface area contributed by atoms with Crippen molar-refractivity contribution in [2.24, 2.45) is 5.73 Å². The second-order valence-corrected chi connectivity index (χ2v) is 5.59. The van der Waals surface area contributed by atoms with Crippen molar-refractivity contribution in [3.63, 3.8) is 0 Å². The Bertz CT molecular complexity index is 734. The van der Waals surface area contributed by atoms with Crippen molar-refractivity contribution < 1.29 is 9.13 Å². The van der Waals surface area contributed by atoms with Gasteiger partial charge in [0.05, 0.1) is 0 Å². The first-order chi connectivity index (χ1) is 10.1. The molecule has 0 bridgehead atoms. The Balaban J connectivity index is 0.00000176. The number of halogens is 4. The SMILES string of the molecule is Cl.NC[C@H]1C=Cc2cc(F)cc(-c3cc(Cl)ccc3Cl)c2O1. The van der Waals surface area contributed by atoms with Crippen molar-refractivity contribution in [3.05, 3.63) is 57.8 Å². The fraction of sp³-hybridized carbons (Fsp3) is 0.125. The van der Waals surface area contributed by atoms with Crippen molar-refractivity contribution in [2.45, 2.75) is 6.10 Å². The van der Waals surface area contributed by atoms with E-state index in [0.29, 0.717) is 39.0 Å². The predicted octanol–water partition coefficient (Wildman–Crippen LogP) is 4.95. The summed E-state index contributed by atoms with van der Waals surface area (Å²) in [7, 11) is 0. The van der Waals surface area contributed by atoms with Crippen LogP contribution in [0.5, 0.6) is 5.75 Å². The summed E-state index contributed by atoms with van der Waals surface area (Å²) in [5.74, 6) is 0.206. The molecule has 0 aliphatic carbocycles. The molecule has 2 aromatic carbocycles. The molecule has 3 rings (SSSR count). The fourth-order valence-corrected chi connectivity index (χ4v) is 2.69. The molecule has 0 radical (unpaired) electrons. The molecular formula is C16H13Cl3FNO. The van der Waals surface area contributed by atoms with Gasteiger partial charge in [-0.1, -0.05) is 29.3 Å². The molecule has 1 aliphatic heterocycles. The lowest BCUT2D eigenvalue weighted by Gasteiger charge is -2.23. The molecule has 2 nitrogen and oxygen atoms in total. The quantitative estimate of drug-likeness (QED) is 0.822. The third-order valence-electron chi connectivity index (χ3n) is 3.29. The highest BCUT2D eigenvalue weighted by Gasteiger charge is 2.20. The number of ether oxygens (including phenoxy) is 1. The summed E-state index contributed by atoms with van der Waals surface area (Å²) in [6, 6.07) is 7.86. The number of nitrogens with two attached hydrogens (primary N) is 1. The first-order valence-electron chi connectivity index (χ1n) is 6.42. The highest BCUT2D eigenvalue weighted by atomic mass is 35.5. The van der Waals surface area contributed by atoms with Gasteiger partial charge < -0.3 is 10.5 Å². The molecule has 1 aliphatic rings. The van der Waals surface area contributed by atoms with Gasteiger partial charge in [0.15, 0.2) is 0 Å². The van der Waals surface area contributed by atoms with E-state index in [4.69, 9.17) is 33.7 Å². The van der Waals surface area contributed by atoms with Crippen LogP contribution in [-0.4, -0.2) is 12.6 Å². The summed E-state index contributed by atoms with van der Waals surface area (Å²) in [5.41, 5.74) is 7.49. The smallest absolute Gasteiger partial charge is 0.135 e. The second-order valence-electron chi connectivity index (χ2n) is 4.75. The van der Waals surface area contributed by atoms with Crippen LogP contribution in [0.3, 0.4) is 0 Å². The Morgan fingerprint density at radius 3 is 2.64 bits per heavy atom. The molecule has 2 N–H and O–H groups in total. The topological polar surface area (TPSA) is 35.2 Å². The maximum Gasteiger partial charge on any atom is 0.135 e. The van der Waals surface area contributed by atoms with Gasteiger partial charge in [0, 0.05) is 33.3 Å². The molecule has 0 amide bonds. The Morgan fingerprint density at radius 1 is 1.14 bits per heavy atom. The Morgan fingerprint density at radius 2 is 1.91 bits per heavy atom. The molecule has 0 unspecified atom stereocenters. The van der Waals surface area contributed by atoms with Gasteiger partial charge in [-0.15, -0.1) is 12.4 Å². The van der Waals surface area contributed by atoms with Gasteiger partial charge in [0.25, 0.3) is 0 Å². The zero-order chi connectivity index (χ0) is 15.0. The van der Waals surface area contributed by atoms with Crippen molar-refractivity contribution in [1.82, 2.24) is 0 Å². The molecule has 1 heterocycles. The second kappa shape index (κ2) is 6.88. The molecule has 0 fully saturated rings. The van der Waals surface area contributed by atoms with Gasteiger partial charge >= 0.3 is 0 Å². The van der Waals surface area contributed by atoms with E-state index in [1.54, 1.807) is 24.3 Å². The van der Waals surface area contributed by atoms with E-state index in [2.05, 4.69) is 0 Å². The molecule has 0 aromatic heterocycles. The Kier molecular flexibility index (Phi) is 5.35. The van der Waals surface area contributed by atoms with E-state index >= 15 is 0 Å². The van der Waals surface area contributed by atoms with Gasteiger partial charge in [-0.05, 0) is 36.4 Å². The number of hydrogen-bond acceptors (Lipinski definition) is 2. The number of rotatable bonds is 2.